The first-order valence-corrected chi connectivity index (χ1v) is 10.9. The minimum Gasteiger partial charge on any atom is 2.00 e. The van der Waals surface area contributed by atoms with Crippen LogP contribution in [0.25, 0.3) is 0 Å². The Morgan fingerprint density at radius 2 is 0.682 bits per heavy atom. The van der Waals surface area contributed by atoms with Gasteiger partial charge in [0.1, 0.15) is 0 Å². The number of nitrogens with two attached hydrogens (primary N) is 4. The Balaban J connectivity index is -0.000000108. The fourth-order valence-electron chi connectivity index (χ4n) is 0.658. The van der Waals surface area contributed by atoms with Crippen LogP contribution in [-0.4, -0.2) is 66.2 Å². The molecular formula is C8H26F6GeN6Ni. The van der Waals surface area contributed by atoms with E-state index >= 15 is 0 Å². The summed E-state index contributed by atoms with van der Waals surface area (Å²) in [5.41, 5.74) is 20.7. The summed E-state index contributed by atoms with van der Waals surface area (Å²) in [4.78, 5) is 0. The first-order valence-electron chi connectivity index (χ1n) is 6.18. The van der Waals surface area contributed by atoms with Crippen LogP contribution >= 0.6 is 0 Å². The summed E-state index contributed by atoms with van der Waals surface area (Å²) < 4.78 is 59.5. The van der Waals surface area contributed by atoms with Gasteiger partial charge in [0, 0.05) is 52.4 Å². The fraction of sp³-hybridized carbons (Fsp3) is 1.00. The first-order chi connectivity index (χ1) is 9.28. The SMILES string of the molecule is NCCNCCN.NCCNCCN.[F][Ge-2]([F])([F])([F])([F])[F].[Ni+2]. The van der Waals surface area contributed by atoms with Gasteiger partial charge in [0.05, 0.1) is 0 Å². The summed E-state index contributed by atoms with van der Waals surface area (Å²) in [7, 11) is 0. The fourth-order valence-corrected chi connectivity index (χ4v) is 0.658. The summed E-state index contributed by atoms with van der Waals surface area (Å²) in [5, 5.41) is 6.07. The van der Waals surface area contributed by atoms with E-state index in [0.29, 0.717) is 26.2 Å². The van der Waals surface area contributed by atoms with Crippen LogP contribution in [0.4, 0.5) is 21.0 Å². The molecule has 0 radical (unpaired) electrons. The molecule has 144 valence electrons. The van der Waals surface area contributed by atoms with Gasteiger partial charge in [0.2, 0.25) is 0 Å². The van der Waals surface area contributed by atoms with E-state index in [1.807, 2.05) is 0 Å². The second-order valence-electron chi connectivity index (χ2n) is 3.73. The normalized spacial score (nSPS) is 13.4. The van der Waals surface area contributed by atoms with Crippen molar-refractivity contribution in [1.29, 1.82) is 0 Å². The Labute approximate surface area is 137 Å². The molecule has 10 N–H and O–H groups in total. The van der Waals surface area contributed by atoms with Gasteiger partial charge in [0.15, 0.2) is 0 Å². The Hall–Kier alpha value is 0.376. The monoisotopic (exact) mass is 452 g/mol. The van der Waals surface area contributed by atoms with Crippen LogP contribution in [0.5, 0.6) is 0 Å². The molecule has 0 aliphatic heterocycles. The standard InChI is InChI=1S/2C4H13N3.F6Ge.Ni/c2*5-1-3-7-4-2-6;1-7(2,3,4,5)6;/h2*7H,1-6H2;;/q;;-2;+2. The molecule has 0 aromatic heterocycles. The number of hydrogen-bond acceptors (Lipinski definition) is 6. The van der Waals surface area contributed by atoms with Crippen LogP contribution in [0.3, 0.4) is 0 Å². The quantitative estimate of drug-likeness (QED) is 0.162. The average Bonchev–Trinajstić information content (AvgIpc) is 2.27. The third kappa shape index (κ3) is 109. The third-order valence-electron chi connectivity index (χ3n) is 1.28. The van der Waals surface area contributed by atoms with Crippen molar-refractivity contribution in [2.75, 3.05) is 52.4 Å². The van der Waals surface area contributed by atoms with Gasteiger partial charge >= 0.3 is 51.4 Å². The van der Waals surface area contributed by atoms with E-state index < -0.39 is 13.9 Å². The molecule has 0 aromatic carbocycles. The summed E-state index contributed by atoms with van der Waals surface area (Å²) in [6.07, 6.45) is 0. The van der Waals surface area contributed by atoms with E-state index in [1.165, 1.54) is 0 Å². The largest absolute Gasteiger partial charge is 2.00 e. The maximum atomic E-state index is 9.92. The smallest absolute Gasteiger partial charge is 2.00 e. The van der Waals surface area contributed by atoms with Crippen LogP contribution in [-0.2, 0) is 16.5 Å². The molecule has 0 atom stereocenters. The van der Waals surface area contributed by atoms with Gasteiger partial charge in [-0.2, -0.15) is 0 Å². The summed E-state index contributed by atoms with van der Waals surface area (Å²) in [6, 6.07) is 0. The van der Waals surface area contributed by atoms with E-state index in [-0.39, 0.29) is 16.5 Å². The molecule has 14 heteroatoms. The number of nitrogens with one attached hydrogen (secondary N) is 2. The molecule has 0 saturated heterocycles. The van der Waals surface area contributed by atoms with Gasteiger partial charge in [-0.3, -0.25) is 0 Å². The van der Waals surface area contributed by atoms with Gasteiger partial charge in [-0.05, 0) is 0 Å². The van der Waals surface area contributed by atoms with Crippen molar-refractivity contribution >= 4 is 13.9 Å². The van der Waals surface area contributed by atoms with E-state index in [2.05, 4.69) is 10.6 Å². The van der Waals surface area contributed by atoms with Gasteiger partial charge in [-0.1, -0.05) is 0 Å². The molecule has 0 saturated carbocycles. The summed E-state index contributed by atoms with van der Waals surface area (Å²) in [6.45, 7) is 6.27. The van der Waals surface area contributed by atoms with Gasteiger partial charge in [-0.15, -0.1) is 0 Å². The van der Waals surface area contributed by atoms with Crippen LogP contribution in [0.2, 0.25) is 0 Å². The minimum absolute atomic E-state index is 0. The molecule has 0 aromatic rings. The van der Waals surface area contributed by atoms with E-state index in [1.54, 1.807) is 0 Å². The average molecular weight is 452 g/mol. The van der Waals surface area contributed by atoms with E-state index in [9.17, 15) is 21.0 Å². The van der Waals surface area contributed by atoms with Crippen molar-refractivity contribution in [3.05, 3.63) is 0 Å². The predicted molar refractivity (Wildman–Crippen MR) is 74.4 cm³/mol. The molecule has 0 unspecified atom stereocenters. The Kier molecular flexibility index (Phi) is 19.0. The molecule has 0 amide bonds. The number of hydrogen-bond donors (Lipinski definition) is 6. The van der Waals surface area contributed by atoms with Crippen LogP contribution in [0.15, 0.2) is 0 Å². The van der Waals surface area contributed by atoms with Crippen LogP contribution in [0, 0.1) is 0 Å². The van der Waals surface area contributed by atoms with Crippen molar-refractivity contribution in [3.63, 3.8) is 0 Å². The number of rotatable bonds is 8. The minimum atomic E-state index is -11.2. The van der Waals surface area contributed by atoms with Crippen LogP contribution in [0.1, 0.15) is 0 Å². The second-order valence-corrected chi connectivity index (χ2v) is 8.22. The second kappa shape index (κ2) is 13.8. The predicted octanol–water partition coefficient (Wildman–Crippen LogP) is -0.875. The molecule has 0 spiro atoms. The molecule has 0 aliphatic rings. The Morgan fingerprint density at radius 3 is 0.773 bits per heavy atom. The van der Waals surface area contributed by atoms with Crippen molar-refractivity contribution < 1.29 is 37.5 Å². The van der Waals surface area contributed by atoms with Crippen molar-refractivity contribution in [3.8, 4) is 0 Å². The van der Waals surface area contributed by atoms with Gasteiger partial charge in [-0.25, -0.2) is 0 Å². The zero-order chi connectivity index (χ0) is 17.5. The van der Waals surface area contributed by atoms with E-state index in [4.69, 9.17) is 22.9 Å². The molecule has 0 rings (SSSR count). The maximum Gasteiger partial charge on any atom is 2.00 e. The summed E-state index contributed by atoms with van der Waals surface area (Å²) >= 11 is -11.2. The third-order valence-corrected chi connectivity index (χ3v) is 1.28. The van der Waals surface area contributed by atoms with Crippen molar-refractivity contribution in [1.82, 2.24) is 10.6 Å². The molecule has 0 bridgehead atoms. The molecular weight excluding hydrogens is 425 g/mol. The molecule has 6 nitrogen and oxygen atoms in total. The van der Waals surface area contributed by atoms with Crippen molar-refractivity contribution in [2.45, 2.75) is 0 Å². The number of halogens is 6. The topological polar surface area (TPSA) is 128 Å². The molecule has 0 aliphatic carbocycles. The maximum absolute atomic E-state index is 11.2. The van der Waals surface area contributed by atoms with Gasteiger partial charge < -0.3 is 33.6 Å². The zero-order valence-electron chi connectivity index (χ0n) is 12.1. The molecule has 22 heavy (non-hydrogen) atoms. The molecule has 0 fully saturated rings. The molecule has 0 heterocycles. The van der Waals surface area contributed by atoms with Gasteiger partial charge in [0.25, 0.3) is 0 Å². The zero-order valence-corrected chi connectivity index (χ0v) is 15.1. The van der Waals surface area contributed by atoms with E-state index in [0.717, 1.165) is 26.2 Å². The van der Waals surface area contributed by atoms with Crippen LogP contribution < -0.4 is 33.6 Å². The Bertz CT molecular complexity index is 199. The Morgan fingerprint density at radius 1 is 0.545 bits per heavy atom. The first kappa shape index (κ1) is 30.3. The van der Waals surface area contributed by atoms with Crippen molar-refractivity contribution in [2.24, 2.45) is 22.9 Å². The summed E-state index contributed by atoms with van der Waals surface area (Å²) in [5.74, 6) is 0.